The lowest BCUT2D eigenvalue weighted by atomic mass is 10.1. The lowest BCUT2D eigenvalue weighted by molar-refractivity contribution is -0.385. The molecule has 9 heteroatoms. The quantitative estimate of drug-likeness (QED) is 0.450. The van der Waals surface area contributed by atoms with Crippen molar-refractivity contribution in [2.45, 2.75) is 13.0 Å². The minimum atomic E-state index is -0.696. The number of hydrogen-bond donors (Lipinski definition) is 0. The first-order valence-electron chi connectivity index (χ1n) is 8.29. The van der Waals surface area contributed by atoms with E-state index in [0.29, 0.717) is 0 Å². The Labute approximate surface area is 155 Å². The molecule has 0 unspecified atom stereocenters. The highest BCUT2D eigenvalue weighted by Gasteiger charge is 2.23. The van der Waals surface area contributed by atoms with E-state index in [1.165, 1.54) is 13.2 Å². The van der Waals surface area contributed by atoms with Gasteiger partial charge in [-0.25, -0.2) is 9.78 Å². The fraction of sp³-hybridized carbons (Fsp3) is 0.412. The van der Waals surface area contributed by atoms with Crippen molar-refractivity contribution in [3.63, 3.8) is 0 Å². The van der Waals surface area contributed by atoms with Crippen LogP contribution in [0.3, 0.4) is 0 Å². The fourth-order valence-electron chi connectivity index (χ4n) is 3.09. The Balaban J connectivity index is 1.74. The number of methoxy groups -OCH3 is 1. The van der Waals surface area contributed by atoms with Gasteiger partial charge in [-0.1, -0.05) is 0 Å². The predicted octanol–water partition coefficient (Wildman–Crippen LogP) is 2.55. The summed E-state index contributed by atoms with van der Waals surface area (Å²) in [6, 6.07) is 4.63. The lowest BCUT2D eigenvalue weighted by Gasteiger charge is -2.23. The van der Waals surface area contributed by atoms with Crippen molar-refractivity contribution in [1.82, 2.24) is 9.88 Å². The van der Waals surface area contributed by atoms with Crippen LogP contribution in [0.25, 0.3) is 0 Å². The maximum absolute atomic E-state index is 11.9. The molecule has 0 amide bonds. The number of esters is 1. The first kappa shape index (κ1) is 18.3. The summed E-state index contributed by atoms with van der Waals surface area (Å²) in [4.78, 5) is 31.3. The number of anilines is 1. The third-order valence-electron chi connectivity index (χ3n) is 4.40. The zero-order valence-electron chi connectivity index (χ0n) is 14.5. The van der Waals surface area contributed by atoms with Gasteiger partial charge in [0.15, 0.2) is 0 Å². The molecule has 3 rings (SSSR count). The topological polar surface area (TPSA) is 88.8 Å². The van der Waals surface area contributed by atoms with Crippen LogP contribution in [0.4, 0.5) is 11.4 Å². The zero-order chi connectivity index (χ0) is 18.5. The summed E-state index contributed by atoms with van der Waals surface area (Å²) < 4.78 is 4.69. The number of nitro benzene ring substituents is 1. The molecule has 26 heavy (non-hydrogen) atoms. The molecule has 1 fully saturated rings. The summed E-state index contributed by atoms with van der Waals surface area (Å²) in [7, 11) is 1.22. The summed E-state index contributed by atoms with van der Waals surface area (Å²) in [5, 5.41) is 13.2. The molecule has 1 saturated heterocycles. The van der Waals surface area contributed by atoms with Crippen molar-refractivity contribution in [1.29, 1.82) is 0 Å². The molecule has 0 saturated carbocycles. The largest absolute Gasteiger partial charge is 0.465 e. The molecule has 0 bridgehead atoms. The molecule has 2 heterocycles. The van der Waals surface area contributed by atoms with Crippen LogP contribution < -0.4 is 4.90 Å². The molecule has 0 spiro atoms. The van der Waals surface area contributed by atoms with Gasteiger partial charge in [-0.05, 0) is 18.6 Å². The summed E-state index contributed by atoms with van der Waals surface area (Å²) in [5.41, 5.74) is 3.46. The van der Waals surface area contributed by atoms with E-state index < -0.39 is 10.9 Å². The molecule has 8 nitrogen and oxygen atoms in total. The molecule has 0 radical (unpaired) electrons. The maximum atomic E-state index is 11.9. The van der Waals surface area contributed by atoms with E-state index in [9.17, 15) is 14.9 Å². The highest BCUT2D eigenvalue weighted by Crippen LogP contribution is 2.26. The SMILES string of the molecule is COC(=O)c1cc(N2CCCN(Cc3cscn3)CC2)ccc1[N+](=O)[O-]. The number of rotatable bonds is 5. The number of nitro groups is 1. The van der Waals surface area contributed by atoms with Gasteiger partial charge in [-0.3, -0.25) is 15.0 Å². The molecule has 1 aromatic heterocycles. The maximum Gasteiger partial charge on any atom is 0.344 e. The summed E-state index contributed by atoms with van der Waals surface area (Å²) >= 11 is 1.59. The van der Waals surface area contributed by atoms with Crippen LogP contribution in [-0.2, 0) is 11.3 Å². The Morgan fingerprint density at radius 3 is 2.88 bits per heavy atom. The van der Waals surface area contributed by atoms with E-state index in [1.54, 1.807) is 23.5 Å². The Morgan fingerprint density at radius 2 is 2.19 bits per heavy atom. The van der Waals surface area contributed by atoms with Crippen molar-refractivity contribution in [2.75, 3.05) is 38.2 Å². The molecule has 2 aromatic rings. The zero-order valence-corrected chi connectivity index (χ0v) is 15.3. The molecule has 0 aliphatic carbocycles. The first-order valence-corrected chi connectivity index (χ1v) is 9.24. The molecule has 0 N–H and O–H groups in total. The Morgan fingerprint density at radius 1 is 1.35 bits per heavy atom. The number of carbonyl (C=O) groups is 1. The van der Waals surface area contributed by atoms with Crippen molar-refractivity contribution < 1.29 is 14.5 Å². The van der Waals surface area contributed by atoms with Crippen LogP contribution in [0.5, 0.6) is 0 Å². The van der Waals surface area contributed by atoms with Gasteiger partial charge in [0.05, 0.1) is 23.2 Å². The smallest absolute Gasteiger partial charge is 0.344 e. The first-order chi connectivity index (χ1) is 12.6. The second kappa shape index (κ2) is 8.24. The van der Waals surface area contributed by atoms with Crippen molar-refractivity contribution in [3.05, 3.63) is 50.5 Å². The second-order valence-corrected chi connectivity index (χ2v) is 6.77. The minimum Gasteiger partial charge on any atom is -0.465 e. The highest BCUT2D eigenvalue weighted by molar-refractivity contribution is 7.07. The lowest BCUT2D eigenvalue weighted by Crippen LogP contribution is -2.30. The van der Waals surface area contributed by atoms with Gasteiger partial charge in [0.1, 0.15) is 5.56 Å². The molecule has 138 valence electrons. The van der Waals surface area contributed by atoms with E-state index in [-0.39, 0.29) is 11.3 Å². The van der Waals surface area contributed by atoms with Gasteiger partial charge in [0, 0.05) is 49.9 Å². The van der Waals surface area contributed by atoms with Crippen molar-refractivity contribution in [3.8, 4) is 0 Å². The minimum absolute atomic E-state index is 0.0152. The number of nitrogens with zero attached hydrogens (tertiary/aromatic N) is 4. The van der Waals surface area contributed by atoms with Gasteiger partial charge in [0.2, 0.25) is 0 Å². The van der Waals surface area contributed by atoms with Crippen LogP contribution in [0, 0.1) is 10.1 Å². The molecule has 1 aromatic carbocycles. The number of carbonyl (C=O) groups excluding carboxylic acids is 1. The number of hydrogen-bond acceptors (Lipinski definition) is 8. The Bertz CT molecular complexity index is 781. The molecular weight excluding hydrogens is 356 g/mol. The van der Waals surface area contributed by atoms with Crippen LogP contribution in [0.2, 0.25) is 0 Å². The average molecular weight is 376 g/mol. The number of aromatic nitrogens is 1. The van der Waals surface area contributed by atoms with Crippen molar-refractivity contribution in [2.24, 2.45) is 0 Å². The predicted molar refractivity (Wildman–Crippen MR) is 98.7 cm³/mol. The number of benzene rings is 1. The monoisotopic (exact) mass is 376 g/mol. The summed E-state index contributed by atoms with van der Waals surface area (Å²) in [6.07, 6.45) is 0.967. The van der Waals surface area contributed by atoms with Crippen LogP contribution in [0.15, 0.2) is 29.1 Å². The van der Waals surface area contributed by atoms with E-state index in [0.717, 1.165) is 50.5 Å². The van der Waals surface area contributed by atoms with E-state index >= 15 is 0 Å². The number of ether oxygens (including phenoxy) is 1. The molecule has 0 atom stereocenters. The summed E-state index contributed by atoms with van der Waals surface area (Å²) in [5.74, 6) is -0.696. The Kier molecular flexibility index (Phi) is 5.79. The molecule has 1 aliphatic heterocycles. The average Bonchev–Trinajstić information content (AvgIpc) is 3.04. The fourth-order valence-corrected chi connectivity index (χ4v) is 3.63. The molecular formula is C17H20N4O4S. The third kappa shape index (κ3) is 4.17. The van der Waals surface area contributed by atoms with E-state index in [4.69, 9.17) is 4.74 Å². The summed E-state index contributed by atoms with van der Waals surface area (Å²) in [6.45, 7) is 4.26. The van der Waals surface area contributed by atoms with Gasteiger partial charge >= 0.3 is 5.97 Å². The van der Waals surface area contributed by atoms with E-state index in [1.807, 2.05) is 5.51 Å². The number of thiazole rings is 1. The second-order valence-electron chi connectivity index (χ2n) is 6.05. The van der Waals surface area contributed by atoms with Crippen LogP contribution in [0.1, 0.15) is 22.5 Å². The molecule has 1 aliphatic rings. The highest BCUT2D eigenvalue weighted by atomic mass is 32.1. The van der Waals surface area contributed by atoms with Crippen LogP contribution >= 0.6 is 11.3 Å². The van der Waals surface area contributed by atoms with Gasteiger partial charge in [-0.2, -0.15) is 0 Å². The van der Waals surface area contributed by atoms with Crippen molar-refractivity contribution >= 4 is 28.7 Å². The van der Waals surface area contributed by atoms with Gasteiger partial charge < -0.3 is 9.64 Å². The standard InChI is InChI=1S/C17H20N4O4S/c1-25-17(22)15-9-14(3-4-16(15)21(23)24)20-6-2-5-19(7-8-20)10-13-11-26-12-18-13/h3-4,9,11-12H,2,5-8,10H2,1H3. The third-order valence-corrected chi connectivity index (χ3v) is 5.04. The van der Waals surface area contributed by atoms with Gasteiger partial charge in [0.25, 0.3) is 5.69 Å². The Hall–Kier alpha value is -2.52. The normalized spacial score (nSPS) is 15.5. The van der Waals surface area contributed by atoms with E-state index in [2.05, 4.69) is 20.2 Å². The van der Waals surface area contributed by atoms with Gasteiger partial charge in [-0.15, -0.1) is 11.3 Å². The van der Waals surface area contributed by atoms with Crippen LogP contribution in [-0.4, -0.2) is 54.1 Å².